The Morgan fingerprint density at radius 2 is 1.67 bits per heavy atom. The van der Waals surface area contributed by atoms with Gasteiger partial charge in [-0.2, -0.15) is 9.30 Å². The summed E-state index contributed by atoms with van der Waals surface area (Å²) in [5, 5.41) is 2.23. The summed E-state index contributed by atoms with van der Waals surface area (Å²) in [6, 6.07) is 17.9. The van der Waals surface area contributed by atoms with Crippen LogP contribution < -0.4 is 4.80 Å². The van der Waals surface area contributed by atoms with Gasteiger partial charge in [0.05, 0.1) is 15.1 Å². The summed E-state index contributed by atoms with van der Waals surface area (Å²) in [5.41, 5.74) is 1.29. The zero-order valence-corrected chi connectivity index (χ0v) is 20.9. The average molecular weight is 522 g/mol. The van der Waals surface area contributed by atoms with Gasteiger partial charge >= 0.3 is 0 Å². The largest absolute Gasteiger partial charge is 0.319 e. The summed E-state index contributed by atoms with van der Waals surface area (Å²) in [4.78, 5) is 17.8. The lowest BCUT2D eigenvalue weighted by Gasteiger charge is -2.20. The fourth-order valence-corrected chi connectivity index (χ4v) is 6.78. The molecule has 0 unspecified atom stereocenters. The highest BCUT2D eigenvalue weighted by atomic mass is 35.5. The summed E-state index contributed by atoms with van der Waals surface area (Å²) < 4.78 is 29.8. The van der Waals surface area contributed by atoms with Crippen LogP contribution in [0.4, 0.5) is 0 Å². The maximum absolute atomic E-state index is 12.8. The van der Waals surface area contributed by atoms with E-state index in [1.165, 1.54) is 39.9 Å². The van der Waals surface area contributed by atoms with Crippen LogP contribution >= 0.6 is 34.5 Å². The van der Waals surface area contributed by atoms with Crippen LogP contribution in [-0.2, 0) is 17.1 Å². The Balaban J connectivity index is 1.67. The third kappa shape index (κ3) is 4.72. The Bertz CT molecular complexity index is 1490. The van der Waals surface area contributed by atoms with Crippen molar-refractivity contribution in [1.29, 1.82) is 0 Å². The molecule has 33 heavy (non-hydrogen) atoms. The predicted molar refractivity (Wildman–Crippen MR) is 135 cm³/mol. The van der Waals surface area contributed by atoms with Crippen molar-refractivity contribution in [3.63, 3.8) is 0 Å². The molecule has 0 atom stereocenters. The standard InChI is InChI=1S/C23H21Cl2N3O3S2/c1-27-20-11-8-16-4-2-3-5-19(16)21(20)32-23(27)26-22(29)17-6-9-18(10-7-17)33(30,31)28(14-12-24)15-13-25/h2-11H,12-15H2,1H3. The minimum absolute atomic E-state index is 0.0770. The van der Waals surface area contributed by atoms with E-state index < -0.39 is 15.9 Å². The molecule has 3 aromatic carbocycles. The maximum atomic E-state index is 12.8. The topological polar surface area (TPSA) is 71.7 Å². The molecule has 4 aromatic rings. The number of hydrogen-bond donors (Lipinski definition) is 0. The molecule has 0 aliphatic carbocycles. The smallest absolute Gasteiger partial charge is 0.279 e. The van der Waals surface area contributed by atoms with Crippen LogP contribution in [0.15, 0.2) is 70.6 Å². The lowest BCUT2D eigenvalue weighted by Crippen LogP contribution is -2.34. The van der Waals surface area contributed by atoms with Gasteiger partial charge in [-0.05, 0) is 35.7 Å². The number of fused-ring (bicyclic) bond motifs is 3. The molecule has 0 bridgehead atoms. The van der Waals surface area contributed by atoms with Crippen LogP contribution in [0.25, 0.3) is 21.0 Å². The lowest BCUT2D eigenvalue weighted by atomic mass is 10.1. The molecule has 1 heterocycles. The highest BCUT2D eigenvalue weighted by molar-refractivity contribution is 7.89. The van der Waals surface area contributed by atoms with Crippen molar-refractivity contribution in [2.75, 3.05) is 24.8 Å². The van der Waals surface area contributed by atoms with E-state index in [9.17, 15) is 13.2 Å². The van der Waals surface area contributed by atoms with E-state index in [0.29, 0.717) is 10.4 Å². The van der Waals surface area contributed by atoms with Gasteiger partial charge in [0.15, 0.2) is 4.80 Å². The first-order valence-corrected chi connectivity index (χ1v) is 13.5. The van der Waals surface area contributed by atoms with Gasteiger partial charge in [-0.1, -0.05) is 41.7 Å². The zero-order chi connectivity index (χ0) is 23.6. The second-order valence-electron chi connectivity index (χ2n) is 7.30. The number of hydrogen-bond acceptors (Lipinski definition) is 4. The predicted octanol–water partition coefficient (Wildman–Crippen LogP) is 4.60. The van der Waals surface area contributed by atoms with Crippen LogP contribution in [0, 0.1) is 0 Å². The van der Waals surface area contributed by atoms with E-state index in [0.717, 1.165) is 21.0 Å². The van der Waals surface area contributed by atoms with Crippen LogP contribution in [0.3, 0.4) is 0 Å². The molecule has 4 rings (SSSR count). The average Bonchev–Trinajstić information content (AvgIpc) is 3.14. The minimum atomic E-state index is -3.75. The van der Waals surface area contributed by atoms with E-state index in [4.69, 9.17) is 23.2 Å². The number of rotatable bonds is 7. The molecule has 0 aliphatic heterocycles. The van der Waals surface area contributed by atoms with Gasteiger partial charge in [-0.25, -0.2) is 8.42 Å². The highest BCUT2D eigenvalue weighted by Gasteiger charge is 2.23. The van der Waals surface area contributed by atoms with Crippen LogP contribution in [0.5, 0.6) is 0 Å². The SMILES string of the molecule is Cn1c(=NC(=O)c2ccc(S(=O)(=O)N(CCCl)CCCl)cc2)sc2c3ccccc3ccc21. The second kappa shape index (κ2) is 9.95. The third-order valence-corrected chi connectivity index (χ3v) is 8.74. The first-order chi connectivity index (χ1) is 15.9. The van der Waals surface area contributed by atoms with Crippen molar-refractivity contribution in [3.05, 3.63) is 71.0 Å². The number of halogens is 2. The number of sulfonamides is 1. The van der Waals surface area contributed by atoms with Crippen molar-refractivity contribution < 1.29 is 13.2 Å². The molecule has 1 aromatic heterocycles. The fraction of sp³-hybridized carbons (Fsp3) is 0.217. The third-order valence-electron chi connectivity index (χ3n) is 5.30. The number of amides is 1. The monoisotopic (exact) mass is 521 g/mol. The summed E-state index contributed by atoms with van der Waals surface area (Å²) in [7, 11) is -1.88. The number of carbonyl (C=O) groups excluding carboxylic acids is 1. The first-order valence-electron chi connectivity index (χ1n) is 10.2. The molecule has 0 N–H and O–H groups in total. The normalized spacial score (nSPS) is 12.8. The summed E-state index contributed by atoms with van der Waals surface area (Å²) in [5.74, 6) is -0.121. The molecular formula is C23H21Cl2N3O3S2. The molecule has 0 spiro atoms. The van der Waals surface area contributed by atoms with Crippen LogP contribution in [0.1, 0.15) is 10.4 Å². The fourth-order valence-electron chi connectivity index (χ4n) is 3.57. The van der Waals surface area contributed by atoms with Gasteiger partial charge in [0.25, 0.3) is 5.91 Å². The van der Waals surface area contributed by atoms with E-state index in [1.807, 2.05) is 41.9 Å². The highest BCUT2D eigenvalue weighted by Crippen LogP contribution is 2.27. The van der Waals surface area contributed by atoms with Crippen molar-refractivity contribution >= 4 is 71.5 Å². The van der Waals surface area contributed by atoms with E-state index >= 15 is 0 Å². The first kappa shape index (κ1) is 23.9. The van der Waals surface area contributed by atoms with E-state index in [2.05, 4.69) is 11.1 Å². The number of aryl methyl sites for hydroxylation is 1. The van der Waals surface area contributed by atoms with Gasteiger partial charge in [-0.15, -0.1) is 23.2 Å². The molecule has 6 nitrogen and oxygen atoms in total. The molecule has 0 radical (unpaired) electrons. The van der Waals surface area contributed by atoms with Crippen molar-refractivity contribution in [3.8, 4) is 0 Å². The summed E-state index contributed by atoms with van der Waals surface area (Å²) in [6.45, 7) is 0.313. The molecule has 0 saturated carbocycles. The Hall–Kier alpha value is -2.23. The number of aromatic nitrogens is 1. The van der Waals surface area contributed by atoms with E-state index in [1.54, 1.807) is 0 Å². The Morgan fingerprint density at radius 3 is 2.33 bits per heavy atom. The van der Waals surface area contributed by atoms with Gasteiger partial charge in [0.2, 0.25) is 10.0 Å². The maximum Gasteiger partial charge on any atom is 0.279 e. The Kier molecular flexibility index (Phi) is 7.21. The Morgan fingerprint density at radius 1 is 1.00 bits per heavy atom. The number of alkyl halides is 2. The van der Waals surface area contributed by atoms with E-state index in [-0.39, 0.29) is 29.7 Å². The molecule has 1 amide bonds. The van der Waals surface area contributed by atoms with Crippen molar-refractivity contribution in [2.45, 2.75) is 4.90 Å². The number of thiazole rings is 1. The van der Waals surface area contributed by atoms with Crippen LogP contribution in [0.2, 0.25) is 0 Å². The number of carbonyl (C=O) groups is 1. The second-order valence-corrected chi connectivity index (χ2v) is 11.0. The van der Waals surface area contributed by atoms with Gasteiger partial charge < -0.3 is 4.57 Å². The molecule has 0 saturated heterocycles. The lowest BCUT2D eigenvalue weighted by molar-refractivity contribution is 0.0998. The van der Waals surface area contributed by atoms with Crippen LogP contribution in [-0.4, -0.2) is 48.0 Å². The Labute approximate surface area is 205 Å². The number of benzene rings is 3. The summed E-state index contributed by atoms with van der Waals surface area (Å²) >= 11 is 12.9. The molecular weight excluding hydrogens is 501 g/mol. The molecule has 10 heteroatoms. The summed E-state index contributed by atoms with van der Waals surface area (Å²) in [6.07, 6.45) is 0. The molecule has 172 valence electrons. The minimum Gasteiger partial charge on any atom is -0.319 e. The van der Waals surface area contributed by atoms with Crippen molar-refractivity contribution in [2.24, 2.45) is 12.0 Å². The van der Waals surface area contributed by atoms with Crippen molar-refractivity contribution in [1.82, 2.24) is 8.87 Å². The number of nitrogens with zero attached hydrogens (tertiary/aromatic N) is 3. The molecule has 0 aliphatic rings. The van der Waals surface area contributed by atoms with Gasteiger partial charge in [0, 0.05) is 42.8 Å². The van der Waals surface area contributed by atoms with Gasteiger partial charge in [-0.3, -0.25) is 4.79 Å². The zero-order valence-electron chi connectivity index (χ0n) is 17.7. The van der Waals surface area contributed by atoms with Gasteiger partial charge in [0.1, 0.15) is 0 Å². The quantitative estimate of drug-likeness (QED) is 0.333. The molecule has 0 fully saturated rings.